The van der Waals surface area contributed by atoms with Crippen molar-refractivity contribution in [1.29, 1.82) is 0 Å². The van der Waals surface area contributed by atoms with Crippen LogP contribution in [0.15, 0.2) is 23.7 Å². The van der Waals surface area contributed by atoms with Crippen LogP contribution in [0.1, 0.15) is 38.5 Å². The van der Waals surface area contributed by atoms with E-state index in [-0.39, 0.29) is 36.3 Å². The van der Waals surface area contributed by atoms with Crippen molar-refractivity contribution >= 4 is 23.5 Å². The first-order valence-electron chi connectivity index (χ1n) is 11.5. The Bertz CT molecular complexity index is 835. The monoisotopic (exact) mass is 480 g/mol. The molecule has 2 heterocycles. The second-order valence-corrected chi connectivity index (χ2v) is 9.06. The van der Waals surface area contributed by atoms with Gasteiger partial charge in [-0.25, -0.2) is 9.59 Å². The third-order valence-corrected chi connectivity index (χ3v) is 6.74. The Morgan fingerprint density at radius 1 is 0.824 bits per heavy atom. The number of fused-ring (bicyclic) bond motifs is 2. The van der Waals surface area contributed by atoms with E-state index in [9.17, 15) is 24.3 Å². The number of rotatable bonds is 8. The maximum absolute atomic E-state index is 12.5. The minimum Gasteiger partial charge on any atom is -0.482 e. The van der Waals surface area contributed by atoms with Gasteiger partial charge in [0.05, 0.1) is 37.3 Å². The van der Waals surface area contributed by atoms with Crippen LogP contribution in [0, 0.1) is 11.8 Å². The topological polar surface area (TPSA) is 166 Å². The maximum atomic E-state index is 12.5. The van der Waals surface area contributed by atoms with Gasteiger partial charge in [0.15, 0.2) is 11.6 Å². The smallest absolute Gasteiger partial charge is 0.371 e. The highest BCUT2D eigenvalue weighted by atomic mass is 16.5. The van der Waals surface area contributed by atoms with Crippen LogP contribution >= 0.6 is 0 Å². The lowest BCUT2D eigenvalue weighted by Crippen LogP contribution is -2.48. The molecule has 6 unspecified atom stereocenters. The number of ketones is 2. The number of carboxylic acids is 2. The van der Waals surface area contributed by atoms with Crippen molar-refractivity contribution < 1.29 is 53.4 Å². The Morgan fingerprint density at radius 3 is 1.62 bits per heavy atom. The number of aliphatic carboxylic acids is 2. The summed E-state index contributed by atoms with van der Waals surface area (Å²) in [5.41, 5.74) is 0. The number of carboxylic acid groups (broad SMARTS) is 2. The van der Waals surface area contributed by atoms with Crippen molar-refractivity contribution in [3.8, 4) is 0 Å². The lowest BCUT2D eigenvalue weighted by Gasteiger charge is -2.39. The number of carbonyl (C=O) groups is 4. The molecule has 0 saturated heterocycles. The number of allylic oxidation sites excluding steroid dienone is 2. The van der Waals surface area contributed by atoms with Crippen molar-refractivity contribution in [2.75, 3.05) is 13.2 Å². The molecule has 2 fully saturated rings. The van der Waals surface area contributed by atoms with E-state index in [1.54, 1.807) is 0 Å². The highest BCUT2D eigenvalue weighted by Crippen LogP contribution is 2.36. The number of hydrogen-bond acceptors (Lipinski definition) is 9. The molecule has 0 aromatic rings. The third-order valence-electron chi connectivity index (χ3n) is 6.74. The minimum absolute atomic E-state index is 0.106. The standard InChI is InChI=1S/C23H28O11/c24-11(9-31-14-3-1-5-16-20(14)12(25)7-18(33-16)22(27)28)10-32-15-4-2-6-17-21(15)13(26)8-19(34-17)23(29)30/h7-8,11,14-17,20-21,24H,1-6,9-10H2,(H,27,28)(H,29,30). The summed E-state index contributed by atoms with van der Waals surface area (Å²) in [6.45, 7) is -0.212. The molecular formula is C23H28O11. The normalized spacial score (nSPS) is 33.9. The first-order chi connectivity index (χ1) is 16.2. The van der Waals surface area contributed by atoms with Crippen molar-refractivity contribution in [1.82, 2.24) is 0 Å². The van der Waals surface area contributed by atoms with Gasteiger partial charge in [-0.1, -0.05) is 0 Å². The highest BCUT2D eigenvalue weighted by molar-refractivity contribution is 6.01. The maximum Gasteiger partial charge on any atom is 0.371 e. The average Bonchev–Trinajstić information content (AvgIpc) is 2.80. The molecule has 3 N–H and O–H groups in total. The number of aliphatic hydroxyl groups is 1. The van der Waals surface area contributed by atoms with E-state index in [0.29, 0.717) is 38.5 Å². The van der Waals surface area contributed by atoms with Crippen molar-refractivity contribution in [3.05, 3.63) is 23.7 Å². The Hall–Kier alpha value is -2.76. The minimum atomic E-state index is -1.29. The predicted molar refractivity (Wildman–Crippen MR) is 111 cm³/mol. The van der Waals surface area contributed by atoms with Crippen LogP contribution in [-0.4, -0.2) is 82.6 Å². The van der Waals surface area contributed by atoms with Crippen LogP contribution in [0.25, 0.3) is 0 Å². The molecule has 2 aliphatic heterocycles. The zero-order valence-corrected chi connectivity index (χ0v) is 18.5. The fourth-order valence-corrected chi connectivity index (χ4v) is 5.20. The van der Waals surface area contributed by atoms with Crippen LogP contribution in [0.5, 0.6) is 0 Å². The molecule has 0 amide bonds. The van der Waals surface area contributed by atoms with Gasteiger partial charge in [0.1, 0.15) is 18.3 Å². The van der Waals surface area contributed by atoms with Crippen LogP contribution in [0.4, 0.5) is 0 Å². The summed E-state index contributed by atoms with van der Waals surface area (Å²) in [6.07, 6.45) is 2.41. The molecule has 2 saturated carbocycles. The van der Waals surface area contributed by atoms with Gasteiger partial charge in [0.25, 0.3) is 0 Å². The second kappa shape index (κ2) is 10.2. The van der Waals surface area contributed by atoms with E-state index >= 15 is 0 Å². The summed E-state index contributed by atoms with van der Waals surface area (Å²) in [4.78, 5) is 47.3. The zero-order chi connectivity index (χ0) is 24.4. The molecule has 34 heavy (non-hydrogen) atoms. The van der Waals surface area contributed by atoms with E-state index < -0.39 is 54.3 Å². The quantitative estimate of drug-likeness (QED) is 0.445. The summed E-state index contributed by atoms with van der Waals surface area (Å²) >= 11 is 0. The van der Waals surface area contributed by atoms with Gasteiger partial charge in [0, 0.05) is 12.2 Å². The molecule has 4 rings (SSSR count). The molecule has 2 aliphatic carbocycles. The Morgan fingerprint density at radius 2 is 1.24 bits per heavy atom. The van der Waals surface area contributed by atoms with Crippen molar-refractivity contribution in [3.63, 3.8) is 0 Å². The van der Waals surface area contributed by atoms with E-state index in [0.717, 1.165) is 12.2 Å². The van der Waals surface area contributed by atoms with E-state index in [1.165, 1.54) is 0 Å². The fourth-order valence-electron chi connectivity index (χ4n) is 5.20. The number of carbonyl (C=O) groups excluding carboxylic acids is 2. The SMILES string of the molecule is O=C(O)C1=CC(=O)C2C(OCC(O)COC3CCCC4OC(C(=O)O)=CC(=O)C34)CCCC2O1. The molecule has 0 bridgehead atoms. The molecule has 0 aromatic heterocycles. The molecule has 11 heteroatoms. The molecule has 0 radical (unpaired) electrons. The largest absolute Gasteiger partial charge is 0.482 e. The Kier molecular flexibility index (Phi) is 7.34. The molecule has 4 aliphatic rings. The molecule has 6 atom stereocenters. The summed E-state index contributed by atoms with van der Waals surface area (Å²) < 4.78 is 22.5. The van der Waals surface area contributed by atoms with Crippen LogP contribution in [0.3, 0.4) is 0 Å². The van der Waals surface area contributed by atoms with Crippen LogP contribution in [-0.2, 0) is 38.1 Å². The number of hydrogen-bond donors (Lipinski definition) is 3. The lowest BCUT2D eigenvalue weighted by atomic mass is 9.79. The first kappa shape index (κ1) is 24.4. The van der Waals surface area contributed by atoms with E-state index in [2.05, 4.69) is 0 Å². The van der Waals surface area contributed by atoms with Gasteiger partial charge in [0.2, 0.25) is 11.5 Å². The van der Waals surface area contributed by atoms with Crippen LogP contribution in [0.2, 0.25) is 0 Å². The molecular weight excluding hydrogens is 452 g/mol. The molecule has 11 nitrogen and oxygen atoms in total. The van der Waals surface area contributed by atoms with Gasteiger partial charge in [-0.3, -0.25) is 9.59 Å². The zero-order valence-electron chi connectivity index (χ0n) is 18.5. The van der Waals surface area contributed by atoms with E-state index in [1.807, 2.05) is 0 Å². The predicted octanol–water partition coefficient (Wildman–Crippen LogP) is 0.591. The summed E-state index contributed by atoms with van der Waals surface area (Å²) in [5, 5.41) is 28.6. The van der Waals surface area contributed by atoms with Crippen LogP contribution < -0.4 is 0 Å². The number of ether oxygens (including phenoxy) is 4. The lowest BCUT2D eigenvalue weighted by molar-refractivity contribution is -0.158. The first-order valence-corrected chi connectivity index (χ1v) is 11.5. The highest BCUT2D eigenvalue weighted by Gasteiger charge is 2.45. The van der Waals surface area contributed by atoms with Crippen molar-refractivity contribution in [2.45, 2.75) is 69.0 Å². The summed E-state index contributed by atoms with van der Waals surface area (Å²) in [6, 6.07) is 0. The number of aliphatic hydroxyl groups excluding tert-OH is 1. The van der Waals surface area contributed by atoms with Gasteiger partial charge >= 0.3 is 11.9 Å². The second-order valence-electron chi connectivity index (χ2n) is 9.06. The average molecular weight is 480 g/mol. The van der Waals surface area contributed by atoms with Gasteiger partial charge in [-0.05, 0) is 38.5 Å². The molecule has 0 spiro atoms. The molecule has 186 valence electrons. The van der Waals surface area contributed by atoms with Gasteiger partial charge in [-0.2, -0.15) is 0 Å². The summed E-state index contributed by atoms with van der Waals surface area (Å²) in [5.74, 6) is -5.28. The fraction of sp³-hybridized carbons (Fsp3) is 0.652. The van der Waals surface area contributed by atoms with Gasteiger partial charge in [-0.15, -0.1) is 0 Å². The van der Waals surface area contributed by atoms with Gasteiger partial charge < -0.3 is 34.3 Å². The third kappa shape index (κ3) is 5.16. The van der Waals surface area contributed by atoms with Crippen molar-refractivity contribution in [2.24, 2.45) is 11.8 Å². The summed E-state index contributed by atoms with van der Waals surface area (Å²) in [7, 11) is 0. The van der Waals surface area contributed by atoms with E-state index in [4.69, 9.17) is 29.2 Å². The Labute approximate surface area is 195 Å². The Balaban J connectivity index is 1.29. The molecule has 0 aromatic carbocycles.